The lowest BCUT2D eigenvalue weighted by Gasteiger charge is -2.17. The van der Waals surface area contributed by atoms with E-state index in [1.165, 1.54) is 17.3 Å². The molecule has 0 saturated heterocycles. The summed E-state index contributed by atoms with van der Waals surface area (Å²) in [5, 5.41) is 0. The molecule has 0 bridgehead atoms. The van der Waals surface area contributed by atoms with Gasteiger partial charge < -0.3 is 0 Å². The minimum Gasteiger partial charge on any atom is -0.273 e. The molecule has 0 aromatic heterocycles. The van der Waals surface area contributed by atoms with Crippen LogP contribution < -0.4 is 10.9 Å². The SMILES string of the molecule is CCC[C@@H](C(=O)NNC(=O)CSc1ccc(C)cc1)c1ccccc1. The Kier molecular flexibility index (Phi) is 7.54. The molecule has 2 aromatic carbocycles. The third-order valence-electron chi connectivity index (χ3n) is 3.81. The standard InChI is InChI=1S/C20H24N2O2S/c1-3-7-18(16-8-5-4-6-9-16)20(24)22-21-19(23)14-25-17-12-10-15(2)11-13-17/h4-6,8-13,18H,3,7,14H2,1-2H3,(H,21,23)(H,22,24)/t18-/m1/s1. The minimum atomic E-state index is -0.253. The smallest absolute Gasteiger partial charge is 0.248 e. The lowest BCUT2D eigenvalue weighted by Crippen LogP contribution is -2.44. The van der Waals surface area contributed by atoms with E-state index in [0.717, 1.165) is 23.3 Å². The summed E-state index contributed by atoms with van der Waals surface area (Å²) in [6.45, 7) is 4.07. The van der Waals surface area contributed by atoms with Gasteiger partial charge in [0, 0.05) is 4.90 Å². The summed E-state index contributed by atoms with van der Waals surface area (Å²) in [5.74, 6) is -0.396. The third kappa shape index (κ3) is 6.27. The van der Waals surface area contributed by atoms with Gasteiger partial charge in [-0.25, -0.2) is 0 Å². The van der Waals surface area contributed by atoms with Crippen LogP contribution in [-0.4, -0.2) is 17.6 Å². The lowest BCUT2D eigenvalue weighted by atomic mass is 9.94. The molecule has 0 saturated carbocycles. The second-order valence-corrected chi connectivity index (χ2v) is 6.94. The van der Waals surface area contributed by atoms with Crippen molar-refractivity contribution in [2.75, 3.05) is 5.75 Å². The van der Waals surface area contributed by atoms with E-state index in [9.17, 15) is 9.59 Å². The highest BCUT2D eigenvalue weighted by Gasteiger charge is 2.19. The van der Waals surface area contributed by atoms with Gasteiger partial charge >= 0.3 is 0 Å². The fourth-order valence-corrected chi connectivity index (χ4v) is 3.16. The zero-order valence-corrected chi connectivity index (χ0v) is 15.4. The predicted molar refractivity (Wildman–Crippen MR) is 102 cm³/mol. The number of thioether (sulfide) groups is 1. The predicted octanol–water partition coefficient (Wildman–Crippen LogP) is 3.82. The second-order valence-electron chi connectivity index (χ2n) is 5.89. The Morgan fingerprint density at radius 2 is 1.68 bits per heavy atom. The van der Waals surface area contributed by atoms with Crippen molar-refractivity contribution in [1.29, 1.82) is 0 Å². The third-order valence-corrected chi connectivity index (χ3v) is 4.82. The van der Waals surface area contributed by atoms with Crippen LogP contribution in [0.2, 0.25) is 0 Å². The van der Waals surface area contributed by atoms with Crippen LogP contribution in [0, 0.1) is 6.92 Å². The van der Waals surface area contributed by atoms with Crippen LogP contribution in [0.1, 0.15) is 36.8 Å². The van der Waals surface area contributed by atoms with Gasteiger partial charge in [-0.3, -0.25) is 20.4 Å². The molecule has 25 heavy (non-hydrogen) atoms. The molecule has 2 amide bonds. The maximum atomic E-state index is 12.4. The highest BCUT2D eigenvalue weighted by Crippen LogP contribution is 2.21. The van der Waals surface area contributed by atoms with Crippen LogP contribution in [0.15, 0.2) is 59.5 Å². The Morgan fingerprint density at radius 3 is 2.32 bits per heavy atom. The van der Waals surface area contributed by atoms with E-state index in [-0.39, 0.29) is 23.5 Å². The van der Waals surface area contributed by atoms with Crippen molar-refractivity contribution in [3.05, 3.63) is 65.7 Å². The van der Waals surface area contributed by atoms with Crippen molar-refractivity contribution in [2.45, 2.75) is 37.5 Å². The molecule has 0 aliphatic carbocycles. The second kappa shape index (κ2) is 9.89. The van der Waals surface area contributed by atoms with E-state index in [0.29, 0.717) is 0 Å². The molecular weight excluding hydrogens is 332 g/mol. The zero-order valence-electron chi connectivity index (χ0n) is 14.6. The summed E-state index contributed by atoms with van der Waals surface area (Å²) in [6.07, 6.45) is 1.63. The lowest BCUT2D eigenvalue weighted by molar-refractivity contribution is -0.128. The number of benzene rings is 2. The Hall–Kier alpha value is -2.27. The number of nitrogens with one attached hydrogen (secondary N) is 2. The number of amides is 2. The number of carbonyl (C=O) groups is 2. The number of carbonyl (C=O) groups excluding carboxylic acids is 2. The molecule has 2 rings (SSSR count). The van der Waals surface area contributed by atoms with Gasteiger partial charge in [0.2, 0.25) is 11.8 Å². The number of rotatable bonds is 7. The number of hydrogen-bond acceptors (Lipinski definition) is 3. The van der Waals surface area contributed by atoms with Crippen LogP contribution in [-0.2, 0) is 9.59 Å². The molecule has 132 valence electrons. The molecule has 0 aliphatic rings. The molecule has 4 nitrogen and oxygen atoms in total. The normalized spacial score (nSPS) is 11.6. The Labute approximate surface area is 153 Å². The van der Waals surface area contributed by atoms with Crippen LogP contribution in [0.3, 0.4) is 0 Å². The largest absolute Gasteiger partial charge is 0.273 e. The summed E-state index contributed by atoms with van der Waals surface area (Å²) < 4.78 is 0. The maximum absolute atomic E-state index is 12.4. The van der Waals surface area contributed by atoms with Gasteiger partial charge in [0.05, 0.1) is 11.7 Å². The molecule has 0 fully saturated rings. The molecule has 2 N–H and O–H groups in total. The van der Waals surface area contributed by atoms with Gasteiger partial charge in [-0.15, -0.1) is 11.8 Å². The molecule has 1 atom stereocenters. The van der Waals surface area contributed by atoms with E-state index in [1.807, 2.05) is 68.4 Å². The van der Waals surface area contributed by atoms with Crippen molar-refractivity contribution >= 4 is 23.6 Å². The first-order chi connectivity index (χ1) is 12.1. The summed E-state index contributed by atoms with van der Waals surface area (Å²) in [7, 11) is 0. The summed E-state index contributed by atoms with van der Waals surface area (Å²) >= 11 is 1.44. The van der Waals surface area contributed by atoms with Gasteiger partial charge in [0.15, 0.2) is 0 Å². The molecule has 0 aliphatic heterocycles. The van der Waals surface area contributed by atoms with Gasteiger partial charge in [-0.1, -0.05) is 61.4 Å². The van der Waals surface area contributed by atoms with Crippen molar-refractivity contribution < 1.29 is 9.59 Å². The van der Waals surface area contributed by atoms with Crippen LogP contribution in [0.25, 0.3) is 0 Å². The van der Waals surface area contributed by atoms with E-state index in [2.05, 4.69) is 10.9 Å². The summed E-state index contributed by atoms with van der Waals surface area (Å²) in [5.41, 5.74) is 7.22. The van der Waals surface area contributed by atoms with Gasteiger partial charge in [0.25, 0.3) is 0 Å². The van der Waals surface area contributed by atoms with Gasteiger partial charge in [0.1, 0.15) is 0 Å². The Morgan fingerprint density at radius 1 is 1.00 bits per heavy atom. The quantitative estimate of drug-likeness (QED) is 0.586. The minimum absolute atomic E-state index is 0.179. The van der Waals surface area contributed by atoms with E-state index >= 15 is 0 Å². The molecule has 0 unspecified atom stereocenters. The Bertz CT molecular complexity index is 687. The number of hydrazine groups is 1. The van der Waals surface area contributed by atoms with Crippen LogP contribution in [0.4, 0.5) is 0 Å². The fourth-order valence-electron chi connectivity index (χ4n) is 2.46. The zero-order chi connectivity index (χ0) is 18.1. The Balaban J connectivity index is 1.82. The van der Waals surface area contributed by atoms with E-state index in [1.54, 1.807) is 0 Å². The van der Waals surface area contributed by atoms with Crippen LogP contribution >= 0.6 is 11.8 Å². The number of hydrogen-bond donors (Lipinski definition) is 2. The highest BCUT2D eigenvalue weighted by atomic mass is 32.2. The van der Waals surface area contributed by atoms with Gasteiger partial charge in [-0.2, -0.15) is 0 Å². The number of aryl methyl sites for hydroxylation is 1. The monoisotopic (exact) mass is 356 g/mol. The molecular formula is C20H24N2O2S. The maximum Gasteiger partial charge on any atom is 0.248 e. The van der Waals surface area contributed by atoms with Crippen molar-refractivity contribution in [3.63, 3.8) is 0 Å². The average molecular weight is 356 g/mol. The van der Waals surface area contributed by atoms with Crippen molar-refractivity contribution in [2.24, 2.45) is 0 Å². The average Bonchev–Trinajstić information content (AvgIpc) is 2.64. The molecule has 0 radical (unpaired) electrons. The molecule has 0 heterocycles. The molecule has 5 heteroatoms. The first-order valence-electron chi connectivity index (χ1n) is 8.43. The first kappa shape index (κ1) is 19.1. The first-order valence-corrected chi connectivity index (χ1v) is 9.41. The highest BCUT2D eigenvalue weighted by molar-refractivity contribution is 8.00. The molecule has 2 aromatic rings. The van der Waals surface area contributed by atoms with E-state index in [4.69, 9.17) is 0 Å². The topological polar surface area (TPSA) is 58.2 Å². The molecule has 0 spiro atoms. The van der Waals surface area contributed by atoms with E-state index < -0.39 is 0 Å². The van der Waals surface area contributed by atoms with Crippen molar-refractivity contribution in [1.82, 2.24) is 10.9 Å². The van der Waals surface area contributed by atoms with Crippen molar-refractivity contribution in [3.8, 4) is 0 Å². The van der Waals surface area contributed by atoms with Crippen LogP contribution in [0.5, 0.6) is 0 Å². The summed E-state index contributed by atoms with van der Waals surface area (Å²) in [6, 6.07) is 17.6. The summed E-state index contributed by atoms with van der Waals surface area (Å²) in [4.78, 5) is 25.4. The van der Waals surface area contributed by atoms with Gasteiger partial charge in [-0.05, 0) is 31.0 Å². The fraction of sp³-hybridized carbons (Fsp3) is 0.300.